The summed E-state index contributed by atoms with van der Waals surface area (Å²) in [6, 6.07) is 10.2. The van der Waals surface area contributed by atoms with Crippen LogP contribution in [0.4, 0.5) is 5.95 Å². The second-order valence-corrected chi connectivity index (χ2v) is 7.56. The summed E-state index contributed by atoms with van der Waals surface area (Å²) in [5.41, 5.74) is 1.16. The van der Waals surface area contributed by atoms with E-state index in [1.54, 1.807) is 6.08 Å². The van der Waals surface area contributed by atoms with Crippen molar-refractivity contribution < 1.29 is 9.53 Å². The molecule has 2 heterocycles. The van der Waals surface area contributed by atoms with E-state index < -0.39 is 0 Å². The second kappa shape index (κ2) is 9.57. The van der Waals surface area contributed by atoms with Crippen molar-refractivity contribution in [1.29, 1.82) is 0 Å². The molecule has 3 rings (SSSR count). The first-order valence-corrected chi connectivity index (χ1v) is 9.92. The van der Waals surface area contributed by atoms with E-state index >= 15 is 0 Å². The summed E-state index contributed by atoms with van der Waals surface area (Å²) < 4.78 is 7.54. The fourth-order valence-electron chi connectivity index (χ4n) is 2.80. The Hall–Kier alpha value is -2.32. The highest BCUT2D eigenvalue weighted by Crippen LogP contribution is 2.27. The van der Waals surface area contributed by atoms with Crippen LogP contribution in [-0.2, 0) is 16.1 Å². The lowest BCUT2D eigenvalue weighted by Crippen LogP contribution is -2.38. The molecule has 0 spiro atoms. The van der Waals surface area contributed by atoms with Gasteiger partial charge in [0, 0.05) is 19.6 Å². The number of carbonyl (C=O) groups excluding carboxylic acids is 1. The van der Waals surface area contributed by atoms with E-state index in [0.29, 0.717) is 26.3 Å². The summed E-state index contributed by atoms with van der Waals surface area (Å²) in [6.07, 6.45) is 1.67. The summed E-state index contributed by atoms with van der Waals surface area (Å²) in [4.78, 5) is 14.4. The van der Waals surface area contributed by atoms with Crippen LogP contribution >= 0.6 is 11.8 Å². The highest BCUT2D eigenvalue weighted by atomic mass is 32.2. The van der Waals surface area contributed by atoms with Crippen LogP contribution in [0.25, 0.3) is 0 Å². The van der Waals surface area contributed by atoms with E-state index in [0.717, 1.165) is 29.8 Å². The van der Waals surface area contributed by atoms with Crippen molar-refractivity contribution in [3.8, 4) is 0 Å². The number of carbonyl (C=O) groups is 1. The Morgan fingerprint density at radius 2 is 2.07 bits per heavy atom. The Kier molecular flexibility index (Phi) is 6.89. The van der Waals surface area contributed by atoms with Crippen LogP contribution in [0.3, 0.4) is 0 Å². The number of benzene rings is 1. The minimum atomic E-state index is -0.277. The van der Waals surface area contributed by atoms with Crippen LogP contribution < -0.4 is 10.2 Å². The van der Waals surface area contributed by atoms with Gasteiger partial charge < -0.3 is 15.0 Å². The normalized spacial score (nSPS) is 15.4. The Labute approximate surface area is 163 Å². The molecule has 0 radical (unpaired) electrons. The van der Waals surface area contributed by atoms with Gasteiger partial charge in [0.2, 0.25) is 11.9 Å². The lowest BCUT2D eigenvalue weighted by molar-refractivity contribution is -0.120. The molecule has 1 saturated heterocycles. The van der Waals surface area contributed by atoms with Crippen LogP contribution in [0.2, 0.25) is 0 Å². The van der Waals surface area contributed by atoms with Crippen LogP contribution in [-0.4, -0.2) is 58.8 Å². The lowest BCUT2D eigenvalue weighted by Gasteiger charge is -2.28. The topological polar surface area (TPSA) is 72.3 Å². The molecular weight excluding hydrogens is 362 g/mol. The van der Waals surface area contributed by atoms with Crippen LogP contribution in [0, 0.1) is 0 Å². The van der Waals surface area contributed by atoms with Gasteiger partial charge in [-0.05, 0) is 12.5 Å². The van der Waals surface area contributed by atoms with Gasteiger partial charge >= 0.3 is 0 Å². The summed E-state index contributed by atoms with van der Waals surface area (Å²) in [5, 5.41) is 12.1. The molecule has 7 nitrogen and oxygen atoms in total. The second-order valence-electron chi connectivity index (χ2n) is 6.25. The molecule has 1 N–H and O–H groups in total. The van der Waals surface area contributed by atoms with Crippen LogP contribution in [0.1, 0.15) is 12.5 Å². The molecule has 0 aliphatic carbocycles. The molecule has 1 fully saturated rings. The van der Waals surface area contributed by atoms with Gasteiger partial charge in [-0.1, -0.05) is 48.2 Å². The first kappa shape index (κ1) is 19.4. The lowest BCUT2D eigenvalue weighted by atomic mass is 10.2. The fraction of sp³-hybridized carbons (Fsp3) is 0.421. The van der Waals surface area contributed by atoms with Crippen molar-refractivity contribution in [3.05, 3.63) is 48.6 Å². The van der Waals surface area contributed by atoms with Crippen molar-refractivity contribution in [3.63, 3.8) is 0 Å². The predicted octanol–water partition coefficient (Wildman–Crippen LogP) is 1.95. The standard InChI is InChI=1S/C19H25N5O2S/c1-3-9-20-17(25)15(2)27-19-22-21-18(23-10-12-26-13-11-23)24(19)14-16-7-5-4-6-8-16/h3-8,15H,1,9-14H2,2H3,(H,20,25)/t15-/m0/s1. The van der Waals surface area contributed by atoms with Crippen molar-refractivity contribution in [2.75, 3.05) is 37.7 Å². The van der Waals surface area contributed by atoms with E-state index in [-0.39, 0.29) is 11.2 Å². The smallest absolute Gasteiger partial charge is 0.233 e. The van der Waals surface area contributed by atoms with E-state index in [9.17, 15) is 4.79 Å². The van der Waals surface area contributed by atoms with Crippen LogP contribution in [0.15, 0.2) is 48.1 Å². The zero-order valence-electron chi connectivity index (χ0n) is 15.5. The maximum Gasteiger partial charge on any atom is 0.233 e. The van der Waals surface area contributed by atoms with Crippen molar-refractivity contribution in [2.24, 2.45) is 0 Å². The highest BCUT2D eigenvalue weighted by molar-refractivity contribution is 8.00. The number of nitrogens with zero attached hydrogens (tertiary/aromatic N) is 4. The van der Waals surface area contributed by atoms with Gasteiger partial charge in [-0.25, -0.2) is 0 Å². The number of hydrogen-bond acceptors (Lipinski definition) is 6. The molecule has 8 heteroatoms. The molecule has 1 atom stereocenters. The van der Waals surface area contributed by atoms with Crippen molar-refractivity contribution in [2.45, 2.75) is 23.9 Å². The summed E-state index contributed by atoms with van der Waals surface area (Å²) in [6.45, 7) is 9.55. The number of rotatable bonds is 8. The number of amides is 1. The number of nitrogens with one attached hydrogen (secondary N) is 1. The van der Waals surface area contributed by atoms with E-state index in [2.05, 4.69) is 43.7 Å². The predicted molar refractivity (Wildman–Crippen MR) is 107 cm³/mol. The molecule has 0 bridgehead atoms. The maximum absolute atomic E-state index is 12.2. The highest BCUT2D eigenvalue weighted by Gasteiger charge is 2.23. The molecule has 144 valence electrons. The van der Waals surface area contributed by atoms with Gasteiger partial charge in [0.1, 0.15) is 0 Å². The minimum absolute atomic E-state index is 0.0397. The summed E-state index contributed by atoms with van der Waals surface area (Å²) >= 11 is 1.42. The largest absolute Gasteiger partial charge is 0.378 e. The van der Waals surface area contributed by atoms with Gasteiger partial charge in [0.05, 0.1) is 25.0 Å². The minimum Gasteiger partial charge on any atom is -0.378 e. The van der Waals surface area contributed by atoms with Crippen LogP contribution in [0.5, 0.6) is 0 Å². The Morgan fingerprint density at radius 1 is 1.33 bits per heavy atom. The zero-order valence-corrected chi connectivity index (χ0v) is 16.3. The van der Waals surface area contributed by atoms with E-state index in [1.807, 2.05) is 25.1 Å². The Morgan fingerprint density at radius 3 is 2.78 bits per heavy atom. The number of aromatic nitrogens is 3. The first-order chi connectivity index (χ1) is 13.2. The average Bonchev–Trinajstić information content (AvgIpc) is 3.09. The molecule has 27 heavy (non-hydrogen) atoms. The third-order valence-electron chi connectivity index (χ3n) is 4.25. The summed E-state index contributed by atoms with van der Waals surface area (Å²) in [7, 11) is 0. The number of thioether (sulfide) groups is 1. The molecule has 1 aliphatic rings. The molecule has 1 aliphatic heterocycles. The van der Waals surface area contributed by atoms with Gasteiger partial charge in [0.15, 0.2) is 5.16 Å². The van der Waals surface area contributed by atoms with Gasteiger partial charge in [-0.2, -0.15) is 0 Å². The average molecular weight is 388 g/mol. The molecule has 0 saturated carbocycles. The molecular formula is C19H25N5O2S. The quantitative estimate of drug-likeness (QED) is 0.551. The fourth-order valence-corrected chi connectivity index (χ4v) is 3.67. The number of hydrogen-bond donors (Lipinski definition) is 1. The third-order valence-corrected chi connectivity index (χ3v) is 5.33. The van der Waals surface area contributed by atoms with Gasteiger partial charge in [-0.3, -0.25) is 9.36 Å². The number of ether oxygens (including phenoxy) is 1. The van der Waals surface area contributed by atoms with Gasteiger partial charge in [-0.15, -0.1) is 16.8 Å². The molecule has 1 aromatic carbocycles. The summed E-state index contributed by atoms with van der Waals surface area (Å²) in [5.74, 6) is 0.783. The molecule has 1 amide bonds. The van der Waals surface area contributed by atoms with E-state index in [1.165, 1.54) is 11.8 Å². The maximum atomic E-state index is 12.2. The molecule has 2 aromatic rings. The molecule has 0 unspecified atom stereocenters. The van der Waals surface area contributed by atoms with E-state index in [4.69, 9.17) is 4.74 Å². The number of morpholine rings is 1. The third kappa shape index (κ3) is 5.11. The first-order valence-electron chi connectivity index (χ1n) is 9.04. The number of anilines is 1. The van der Waals surface area contributed by atoms with Crippen molar-refractivity contribution in [1.82, 2.24) is 20.1 Å². The Bertz CT molecular complexity index is 759. The molecule has 1 aromatic heterocycles. The van der Waals surface area contributed by atoms with Gasteiger partial charge in [0.25, 0.3) is 0 Å². The zero-order chi connectivity index (χ0) is 19.1. The Balaban J connectivity index is 1.82. The SMILES string of the molecule is C=CCNC(=O)[C@H](C)Sc1nnc(N2CCOCC2)n1Cc1ccccc1. The van der Waals surface area contributed by atoms with Crippen molar-refractivity contribution >= 4 is 23.6 Å². The monoisotopic (exact) mass is 387 g/mol.